The fourth-order valence-electron chi connectivity index (χ4n) is 1.61. The molecule has 0 spiro atoms. The highest BCUT2D eigenvalue weighted by atomic mass is 14.3. The maximum Gasteiger partial charge on any atom is -0.0329 e. The molecule has 0 nitrogen and oxygen atoms in total. The Hall–Kier alpha value is 0. The molecular weight excluding hydrogens is 144 g/mol. The molecule has 2 atom stereocenters. The third kappa shape index (κ3) is 2.80. The van der Waals surface area contributed by atoms with Gasteiger partial charge in [0.2, 0.25) is 0 Å². The van der Waals surface area contributed by atoms with E-state index >= 15 is 0 Å². The largest absolute Gasteiger partial charge is 0.0649 e. The maximum atomic E-state index is 2.40. The van der Waals surface area contributed by atoms with Gasteiger partial charge in [0, 0.05) is 0 Å². The third-order valence-corrected chi connectivity index (χ3v) is 3.98. The predicted octanol–water partition coefficient (Wildman–Crippen LogP) is 4.35. The average molecular weight is 170 g/mol. The quantitative estimate of drug-likeness (QED) is 0.588. The van der Waals surface area contributed by atoms with Gasteiger partial charge in [-0.15, -0.1) is 0 Å². The molecular formula is C12H26. The Morgan fingerprint density at radius 2 is 1.42 bits per heavy atom. The zero-order valence-electron chi connectivity index (χ0n) is 9.94. The van der Waals surface area contributed by atoms with Crippen molar-refractivity contribution < 1.29 is 0 Å². The van der Waals surface area contributed by atoms with Gasteiger partial charge in [0.05, 0.1) is 0 Å². The van der Waals surface area contributed by atoms with Gasteiger partial charge in [0.25, 0.3) is 0 Å². The van der Waals surface area contributed by atoms with Gasteiger partial charge in [0.1, 0.15) is 0 Å². The molecule has 0 aromatic rings. The second kappa shape index (κ2) is 4.30. The molecule has 0 aromatic carbocycles. The summed E-state index contributed by atoms with van der Waals surface area (Å²) in [5, 5.41) is 0. The van der Waals surface area contributed by atoms with E-state index in [2.05, 4.69) is 48.5 Å². The molecule has 0 aliphatic rings. The van der Waals surface area contributed by atoms with Crippen LogP contribution in [0, 0.1) is 23.2 Å². The molecule has 2 unspecified atom stereocenters. The number of rotatable bonds is 4. The highest BCUT2D eigenvalue weighted by Gasteiger charge is 2.29. The smallest absolute Gasteiger partial charge is 0.0329 e. The van der Waals surface area contributed by atoms with Crippen LogP contribution in [0.2, 0.25) is 0 Å². The Bertz CT molecular complexity index is 122. The van der Waals surface area contributed by atoms with Crippen LogP contribution < -0.4 is 0 Å². The zero-order chi connectivity index (χ0) is 9.94. The lowest BCUT2D eigenvalue weighted by molar-refractivity contribution is 0.129. The predicted molar refractivity (Wildman–Crippen MR) is 57.2 cm³/mol. The summed E-state index contributed by atoms with van der Waals surface area (Å²) >= 11 is 0. The Kier molecular flexibility index (Phi) is 4.30. The molecule has 0 aromatic heterocycles. The minimum atomic E-state index is 0.504. The monoisotopic (exact) mass is 170 g/mol. The Labute approximate surface area is 78.8 Å². The van der Waals surface area contributed by atoms with Gasteiger partial charge in [-0.2, -0.15) is 0 Å². The lowest BCUT2D eigenvalue weighted by Crippen LogP contribution is -2.28. The van der Waals surface area contributed by atoms with Gasteiger partial charge >= 0.3 is 0 Å². The number of hydrogen-bond acceptors (Lipinski definition) is 0. The Morgan fingerprint density at radius 3 is 1.67 bits per heavy atom. The van der Waals surface area contributed by atoms with E-state index in [-0.39, 0.29) is 0 Å². The van der Waals surface area contributed by atoms with Gasteiger partial charge in [0.15, 0.2) is 0 Å². The Balaban J connectivity index is 4.27. The van der Waals surface area contributed by atoms with Crippen LogP contribution in [-0.4, -0.2) is 0 Å². The molecule has 0 saturated carbocycles. The standard InChI is InChI=1S/C12H26/c1-8-12(6,7)11(5)10(4)9(2)3/h9-11H,8H2,1-7H3. The van der Waals surface area contributed by atoms with Crippen molar-refractivity contribution in [3.63, 3.8) is 0 Å². The van der Waals surface area contributed by atoms with Crippen LogP contribution in [0.5, 0.6) is 0 Å². The van der Waals surface area contributed by atoms with Crippen molar-refractivity contribution in [3.05, 3.63) is 0 Å². The third-order valence-electron chi connectivity index (χ3n) is 3.98. The van der Waals surface area contributed by atoms with Crippen molar-refractivity contribution in [2.75, 3.05) is 0 Å². The summed E-state index contributed by atoms with van der Waals surface area (Å²) < 4.78 is 0. The molecule has 74 valence electrons. The van der Waals surface area contributed by atoms with Crippen LogP contribution in [0.3, 0.4) is 0 Å². The van der Waals surface area contributed by atoms with Gasteiger partial charge in [-0.1, -0.05) is 54.9 Å². The highest BCUT2D eigenvalue weighted by molar-refractivity contribution is 4.78. The van der Waals surface area contributed by atoms with E-state index in [1.165, 1.54) is 6.42 Å². The van der Waals surface area contributed by atoms with Crippen LogP contribution in [0.15, 0.2) is 0 Å². The minimum absolute atomic E-state index is 0.504. The fraction of sp³-hybridized carbons (Fsp3) is 1.00. The van der Waals surface area contributed by atoms with Gasteiger partial charge < -0.3 is 0 Å². The maximum absolute atomic E-state index is 2.40. The van der Waals surface area contributed by atoms with E-state index in [1.54, 1.807) is 0 Å². The molecule has 0 saturated heterocycles. The summed E-state index contributed by atoms with van der Waals surface area (Å²) in [7, 11) is 0. The van der Waals surface area contributed by atoms with Crippen molar-refractivity contribution in [1.82, 2.24) is 0 Å². The van der Waals surface area contributed by atoms with E-state index in [4.69, 9.17) is 0 Å². The van der Waals surface area contributed by atoms with Crippen molar-refractivity contribution in [3.8, 4) is 0 Å². The SMILES string of the molecule is CCC(C)(C)C(C)C(C)C(C)C. The minimum Gasteiger partial charge on any atom is -0.0649 e. The first-order chi connectivity index (χ1) is 5.33. The first-order valence-electron chi connectivity index (χ1n) is 5.33. The topological polar surface area (TPSA) is 0 Å². The second-order valence-corrected chi connectivity index (χ2v) is 5.23. The van der Waals surface area contributed by atoms with Crippen LogP contribution in [0.25, 0.3) is 0 Å². The van der Waals surface area contributed by atoms with E-state index in [0.717, 1.165) is 17.8 Å². The fourth-order valence-corrected chi connectivity index (χ4v) is 1.61. The normalized spacial score (nSPS) is 18.0. The lowest BCUT2D eigenvalue weighted by atomic mass is 9.69. The van der Waals surface area contributed by atoms with Crippen LogP contribution in [0.4, 0.5) is 0 Å². The van der Waals surface area contributed by atoms with Gasteiger partial charge in [-0.05, 0) is 23.2 Å². The van der Waals surface area contributed by atoms with E-state index in [0.29, 0.717) is 5.41 Å². The molecule has 0 heterocycles. The first kappa shape index (κ1) is 12.0. The lowest BCUT2D eigenvalue weighted by Gasteiger charge is -2.37. The van der Waals surface area contributed by atoms with Crippen LogP contribution >= 0.6 is 0 Å². The number of hydrogen-bond donors (Lipinski definition) is 0. The molecule has 0 aliphatic heterocycles. The van der Waals surface area contributed by atoms with E-state index < -0.39 is 0 Å². The molecule has 0 radical (unpaired) electrons. The summed E-state index contributed by atoms with van der Waals surface area (Å²) in [6, 6.07) is 0. The molecule has 0 amide bonds. The summed E-state index contributed by atoms with van der Waals surface area (Å²) in [5.74, 6) is 2.47. The summed E-state index contributed by atoms with van der Waals surface area (Å²) in [5.41, 5.74) is 0.504. The molecule has 0 heteroatoms. The summed E-state index contributed by atoms with van der Waals surface area (Å²) in [4.78, 5) is 0. The van der Waals surface area contributed by atoms with E-state index in [9.17, 15) is 0 Å². The zero-order valence-corrected chi connectivity index (χ0v) is 9.94. The van der Waals surface area contributed by atoms with Crippen molar-refractivity contribution in [1.29, 1.82) is 0 Å². The molecule has 0 aliphatic carbocycles. The summed E-state index contributed by atoms with van der Waals surface area (Å²) in [6.45, 7) is 16.5. The van der Waals surface area contributed by atoms with Gasteiger partial charge in [-0.3, -0.25) is 0 Å². The van der Waals surface area contributed by atoms with Gasteiger partial charge in [-0.25, -0.2) is 0 Å². The van der Waals surface area contributed by atoms with Crippen molar-refractivity contribution >= 4 is 0 Å². The molecule has 12 heavy (non-hydrogen) atoms. The first-order valence-corrected chi connectivity index (χ1v) is 5.33. The van der Waals surface area contributed by atoms with Crippen molar-refractivity contribution in [2.45, 2.75) is 54.9 Å². The summed E-state index contributed by atoms with van der Waals surface area (Å²) in [6.07, 6.45) is 1.28. The van der Waals surface area contributed by atoms with E-state index in [1.807, 2.05) is 0 Å². The molecule has 0 N–H and O–H groups in total. The molecule has 0 rings (SSSR count). The van der Waals surface area contributed by atoms with Crippen LogP contribution in [0.1, 0.15) is 54.9 Å². The molecule has 0 fully saturated rings. The van der Waals surface area contributed by atoms with Crippen molar-refractivity contribution in [2.24, 2.45) is 23.2 Å². The Morgan fingerprint density at radius 1 is 1.00 bits per heavy atom. The second-order valence-electron chi connectivity index (χ2n) is 5.23. The van der Waals surface area contributed by atoms with Crippen LogP contribution in [-0.2, 0) is 0 Å². The average Bonchev–Trinajstić information content (AvgIpc) is 2.01. The highest BCUT2D eigenvalue weighted by Crippen LogP contribution is 2.37. The molecule has 0 bridgehead atoms.